The Labute approximate surface area is 131 Å². The van der Waals surface area contributed by atoms with Crippen LogP contribution < -0.4 is 5.43 Å². The minimum atomic E-state index is -0.00815. The lowest BCUT2D eigenvalue weighted by atomic mass is 10.1. The van der Waals surface area contributed by atoms with Crippen molar-refractivity contribution in [3.05, 3.63) is 80.1 Å². The van der Waals surface area contributed by atoms with Gasteiger partial charge in [0.25, 0.3) is 0 Å². The molecule has 0 aliphatic rings. The van der Waals surface area contributed by atoms with E-state index in [9.17, 15) is 4.79 Å². The van der Waals surface area contributed by atoms with Gasteiger partial charge < -0.3 is 4.98 Å². The molecule has 0 spiro atoms. The van der Waals surface area contributed by atoms with Crippen LogP contribution in [0.15, 0.2) is 53.3 Å². The quantitative estimate of drug-likeness (QED) is 0.708. The number of benzene rings is 2. The molecule has 3 rings (SSSR count). The summed E-state index contributed by atoms with van der Waals surface area (Å²) in [6.45, 7) is 0. The van der Waals surface area contributed by atoms with E-state index in [1.54, 1.807) is 24.3 Å². The minimum Gasteiger partial charge on any atom is -0.355 e. The Bertz CT molecular complexity index is 897. The maximum Gasteiger partial charge on any atom is 0.189 e. The predicted molar refractivity (Wildman–Crippen MR) is 90.0 cm³/mol. The van der Waals surface area contributed by atoms with Crippen molar-refractivity contribution in [2.75, 3.05) is 0 Å². The van der Waals surface area contributed by atoms with Crippen LogP contribution in [0.1, 0.15) is 11.3 Å². The third-order valence-electron chi connectivity index (χ3n) is 3.16. The number of rotatable bonds is 2. The molecule has 0 saturated carbocycles. The lowest BCUT2D eigenvalue weighted by Gasteiger charge is -2.01. The van der Waals surface area contributed by atoms with Crippen molar-refractivity contribution < 1.29 is 0 Å². The average molecular weight is 316 g/mol. The molecule has 0 radical (unpaired) electrons. The van der Waals surface area contributed by atoms with Gasteiger partial charge in [-0.3, -0.25) is 4.79 Å². The van der Waals surface area contributed by atoms with Crippen molar-refractivity contribution in [2.24, 2.45) is 0 Å². The van der Waals surface area contributed by atoms with Gasteiger partial charge in [0.05, 0.1) is 0 Å². The van der Waals surface area contributed by atoms with Crippen LogP contribution in [0, 0.1) is 0 Å². The average Bonchev–Trinajstić information content (AvgIpc) is 2.46. The van der Waals surface area contributed by atoms with Gasteiger partial charge in [-0.2, -0.15) is 0 Å². The van der Waals surface area contributed by atoms with Gasteiger partial charge >= 0.3 is 0 Å². The number of fused-ring (bicyclic) bond motifs is 1. The summed E-state index contributed by atoms with van der Waals surface area (Å²) in [5.41, 5.74) is 2.37. The molecular weight excluding hydrogens is 305 g/mol. The molecule has 1 N–H and O–H groups in total. The van der Waals surface area contributed by atoms with Crippen molar-refractivity contribution in [2.45, 2.75) is 0 Å². The van der Waals surface area contributed by atoms with Gasteiger partial charge in [-0.05, 0) is 35.9 Å². The van der Waals surface area contributed by atoms with Crippen LogP contribution in [0.2, 0.25) is 10.0 Å². The van der Waals surface area contributed by atoms with Gasteiger partial charge in [0.2, 0.25) is 0 Å². The Morgan fingerprint density at radius 3 is 2.57 bits per heavy atom. The molecule has 0 bridgehead atoms. The molecule has 0 saturated heterocycles. The molecule has 0 fully saturated rings. The number of hydrogen-bond acceptors (Lipinski definition) is 1. The Kier molecular flexibility index (Phi) is 3.82. The number of aromatic amines is 1. The molecule has 2 aromatic carbocycles. The number of nitrogens with one attached hydrogen (secondary N) is 1. The lowest BCUT2D eigenvalue weighted by Crippen LogP contribution is -2.02. The summed E-state index contributed by atoms with van der Waals surface area (Å²) >= 11 is 12.0. The number of para-hydroxylation sites is 1. The zero-order valence-corrected chi connectivity index (χ0v) is 12.4. The Morgan fingerprint density at radius 1 is 0.952 bits per heavy atom. The zero-order valence-electron chi connectivity index (χ0n) is 10.9. The van der Waals surface area contributed by atoms with E-state index in [1.165, 1.54) is 0 Å². The summed E-state index contributed by atoms with van der Waals surface area (Å²) in [6.07, 6.45) is 3.67. The molecule has 4 heteroatoms. The summed E-state index contributed by atoms with van der Waals surface area (Å²) in [6, 6.07) is 14.3. The minimum absolute atomic E-state index is 0.00815. The maximum absolute atomic E-state index is 12.0. The molecule has 0 aliphatic carbocycles. The van der Waals surface area contributed by atoms with Crippen molar-refractivity contribution in [1.29, 1.82) is 0 Å². The van der Waals surface area contributed by atoms with E-state index in [0.29, 0.717) is 15.4 Å². The molecule has 1 aromatic heterocycles. The summed E-state index contributed by atoms with van der Waals surface area (Å²) in [4.78, 5) is 15.2. The molecule has 104 valence electrons. The largest absolute Gasteiger partial charge is 0.355 e. The lowest BCUT2D eigenvalue weighted by molar-refractivity contribution is 1.35. The molecule has 3 aromatic rings. The van der Waals surface area contributed by atoms with Crippen molar-refractivity contribution in [3.8, 4) is 0 Å². The van der Waals surface area contributed by atoms with Crippen LogP contribution in [0.4, 0.5) is 0 Å². The van der Waals surface area contributed by atoms with E-state index >= 15 is 0 Å². The van der Waals surface area contributed by atoms with Crippen molar-refractivity contribution >= 4 is 46.3 Å². The summed E-state index contributed by atoms with van der Waals surface area (Å²) in [5, 5.41) is 1.84. The third kappa shape index (κ3) is 3.02. The standard InChI is InChI=1S/C17H11Cl2NO/c18-12-7-5-11(15(19)9-12)6-8-13-10-17(21)14-3-1-2-4-16(14)20-13/h1-10H,(H,20,21)/b8-6+. The van der Waals surface area contributed by atoms with E-state index in [1.807, 2.05) is 36.4 Å². The molecule has 1 heterocycles. The smallest absolute Gasteiger partial charge is 0.189 e. The monoisotopic (exact) mass is 315 g/mol. The topological polar surface area (TPSA) is 32.9 Å². The Morgan fingerprint density at radius 2 is 1.76 bits per heavy atom. The maximum atomic E-state index is 12.0. The van der Waals surface area contributed by atoms with Crippen LogP contribution in [0.25, 0.3) is 23.1 Å². The first kappa shape index (κ1) is 13.9. The second-order valence-corrected chi connectivity index (χ2v) is 5.48. The van der Waals surface area contributed by atoms with E-state index in [4.69, 9.17) is 23.2 Å². The van der Waals surface area contributed by atoms with Crippen LogP contribution in [-0.4, -0.2) is 4.98 Å². The van der Waals surface area contributed by atoms with Gasteiger partial charge in [-0.25, -0.2) is 0 Å². The number of aromatic nitrogens is 1. The summed E-state index contributed by atoms with van der Waals surface area (Å²) in [5.74, 6) is 0. The van der Waals surface area contributed by atoms with Crippen LogP contribution in [-0.2, 0) is 0 Å². The third-order valence-corrected chi connectivity index (χ3v) is 3.73. The fourth-order valence-corrected chi connectivity index (χ4v) is 2.60. The molecular formula is C17H11Cl2NO. The first-order valence-corrected chi connectivity index (χ1v) is 7.14. The van der Waals surface area contributed by atoms with Crippen LogP contribution >= 0.6 is 23.2 Å². The first-order valence-electron chi connectivity index (χ1n) is 6.39. The van der Waals surface area contributed by atoms with E-state index in [2.05, 4.69) is 4.98 Å². The van der Waals surface area contributed by atoms with Crippen LogP contribution in [0.5, 0.6) is 0 Å². The normalized spacial score (nSPS) is 11.3. The fraction of sp³-hybridized carbons (Fsp3) is 0. The van der Waals surface area contributed by atoms with E-state index < -0.39 is 0 Å². The van der Waals surface area contributed by atoms with Gasteiger partial charge in [-0.15, -0.1) is 0 Å². The second-order valence-electron chi connectivity index (χ2n) is 4.63. The van der Waals surface area contributed by atoms with E-state index in [-0.39, 0.29) is 5.43 Å². The van der Waals surface area contributed by atoms with Crippen molar-refractivity contribution in [3.63, 3.8) is 0 Å². The number of H-pyrrole nitrogens is 1. The number of hydrogen-bond donors (Lipinski definition) is 1. The van der Waals surface area contributed by atoms with Crippen molar-refractivity contribution in [1.82, 2.24) is 4.98 Å². The first-order chi connectivity index (χ1) is 10.1. The van der Waals surface area contributed by atoms with Gasteiger partial charge in [0, 0.05) is 32.7 Å². The number of pyridine rings is 1. The molecule has 0 aliphatic heterocycles. The number of halogens is 2. The van der Waals surface area contributed by atoms with E-state index in [0.717, 1.165) is 16.8 Å². The SMILES string of the molecule is O=c1cc(/C=C/c2ccc(Cl)cc2Cl)[nH]c2ccccc12. The molecule has 0 amide bonds. The molecule has 2 nitrogen and oxygen atoms in total. The van der Waals surface area contributed by atoms with Crippen LogP contribution in [0.3, 0.4) is 0 Å². The summed E-state index contributed by atoms with van der Waals surface area (Å²) < 4.78 is 0. The highest BCUT2D eigenvalue weighted by atomic mass is 35.5. The Hall–Kier alpha value is -2.03. The fourth-order valence-electron chi connectivity index (χ4n) is 2.12. The predicted octanol–water partition coefficient (Wildman–Crippen LogP) is 5.01. The Balaban J connectivity index is 2.01. The highest BCUT2D eigenvalue weighted by molar-refractivity contribution is 6.35. The second kappa shape index (κ2) is 5.76. The highest BCUT2D eigenvalue weighted by Crippen LogP contribution is 2.22. The van der Waals surface area contributed by atoms with Gasteiger partial charge in [-0.1, -0.05) is 47.5 Å². The highest BCUT2D eigenvalue weighted by Gasteiger charge is 2.00. The van der Waals surface area contributed by atoms with Gasteiger partial charge in [0.1, 0.15) is 0 Å². The molecule has 21 heavy (non-hydrogen) atoms. The molecule has 0 unspecified atom stereocenters. The summed E-state index contributed by atoms with van der Waals surface area (Å²) in [7, 11) is 0. The molecule has 0 atom stereocenters. The zero-order chi connectivity index (χ0) is 14.8. The van der Waals surface area contributed by atoms with Gasteiger partial charge in [0.15, 0.2) is 5.43 Å².